The fourth-order valence-corrected chi connectivity index (χ4v) is 1.90. The van der Waals surface area contributed by atoms with Gasteiger partial charge in [0.2, 0.25) is 5.75 Å². The quantitative estimate of drug-likeness (QED) is 0.622. The molecule has 7 heteroatoms. The van der Waals surface area contributed by atoms with Crippen molar-refractivity contribution in [2.24, 2.45) is 0 Å². The average Bonchev–Trinajstić information content (AvgIpc) is 2.42. The molecular formula is C13H6BrFN2O3. The number of hydrogen-bond donors (Lipinski definition) is 0. The van der Waals surface area contributed by atoms with Gasteiger partial charge < -0.3 is 4.74 Å². The number of para-hydroxylation sites is 1. The number of nitro groups is 1. The second-order valence-electron chi connectivity index (χ2n) is 3.70. The van der Waals surface area contributed by atoms with Crippen molar-refractivity contribution in [3.63, 3.8) is 0 Å². The molecule has 2 aromatic rings. The van der Waals surface area contributed by atoms with E-state index >= 15 is 0 Å². The lowest BCUT2D eigenvalue weighted by atomic mass is 10.2. The number of ether oxygens (including phenoxy) is 1. The Kier molecular flexibility index (Phi) is 3.96. The maximum absolute atomic E-state index is 13.6. The van der Waals surface area contributed by atoms with Crippen molar-refractivity contribution in [3.8, 4) is 17.6 Å². The van der Waals surface area contributed by atoms with Gasteiger partial charge in [-0.3, -0.25) is 10.1 Å². The molecule has 0 saturated carbocycles. The molecule has 0 saturated heterocycles. The van der Waals surface area contributed by atoms with Gasteiger partial charge >= 0.3 is 5.69 Å². The monoisotopic (exact) mass is 336 g/mol. The van der Waals surface area contributed by atoms with Crippen LogP contribution in [0.25, 0.3) is 0 Å². The lowest BCUT2D eigenvalue weighted by molar-refractivity contribution is -0.385. The van der Waals surface area contributed by atoms with E-state index < -0.39 is 16.4 Å². The molecular weight excluding hydrogens is 331 g/mol. The Morgan fingerprint density at radius 2 is 2.05 bits per heavy atom. The summed E-state index contributed by atoms with van der Waals surface area (Å²) in [5.41, 5.74) is -0.641. The van der Waals surface area contributed by atoms with Gasteiger partial charge in [-0.05, 0) is 30.3 Å². The largest absolute Gasteiger partial charge is 0.447 e. The Bertz CT molecular complexity index is 728. The van der Waals surface area contributed by atoms with E-state index in [1.165, 1.54) is 36.4 Å². The summed E-state index contributed by atoms with van der Waals surface area (Å²) in [6.45, 7) is 0. The predicted molar refractivity (Wildman–Crippen MR) is 72.0 cm³/mol. The van der Waals surface area contributed by atoms with Crippen molar-refractivity contribution in [2.75, 3.05) is 0 Å². The van der Waals surface area contributed by atoms with Gasteiger partial charge in [-0.25, -0.2) is 4.39 Å². The molecule has 0 atom stereocenters. The molecule has 0 aromatic heterocycles. The van der Waals surface area contributed by atoms with E-state index in [0.717, 1.165) is 0 Å². The zero-order chi connectivity index (χ0) is 14.7. The highest BCUT2D eigenvalue weighted by Gasteiger charge is 2.22. The third-order valence-electron chi connectivity index (χ3n) is 2.42. The second kappa shape index (κ2) is 5.67. The topological polar surface area (TPSA) is 76.2 Å². The number of halogens is 2. The normalized spacial score (nSPS) is 9.85. The van der Waals surface area contributed by atoms with Gasteiger partial charge in [-0.1, -0.05) is 22.0 Å². The van der Waals surface area contributed by atoms with Gasteiger partial charge in [-0.2, -0.15) is 5.26 Å². The third kappa shape index (κ3) is 2.75. The molecule has 20 heavy (non-hydrogen) atoms. The average molecular weight is 337 g/mol. The standard InChI is InChI=1S/C13H6BrFN2O3/c14-9-4-5-10(15)12(6-9)20-11-3-1-2-8(7-16)13(11)17(18)19/h1-6H. The lowest BCUT2D eigenvalue weighted by Gasteiger charge is -2.08. The van der Waals surface area contributed by atoms with Crippen LogP contribution in [0.3, 0.4) is 0 Å². The molecule has 0 bridgehead atoms. The number of rotatable bonds is 3. The third-order valence-corrected chi connectivity index (χ3v) is 2.91. The maximum atomic E-state index is 13.6. The number of nitrogens with zero attached hydrogens (tertiary/aromatic N) is 2. The summed E-state index contributed by atoms with van der Waals surface area (Å²) >= 11 is 3.15. The number of hydrogen-bond acceptors (Lipinski definition) is 4. The first-order chi connectivity index (χ1) is 9.52. The van der Waals surface area contributed by atoms with Crippen LogP contribution >= 0.6 is 15.9 Å². The van der Waals surface area contributed by atoms with Crippen molar-refractivity contribution in [1.82, 2.24) is 0 Å². The fourth-order valence-electron chi connectivity index (χ4n) is 1.56. The Hall–Kier alpha value is -2.46. The van der Waals surface area contributed by atoms with Crippen molar-refractivity contribution < 1.29 is 14.1 Å². The number of benzene rings is 2. The first-order valence-corrected chi connectivity index (χ1v) is 6.12. The van der Waals surface area contributed by atoms with Crippen LogP contribution in [-0.2, 0) is 0 Å². The van der Waals surface area contributed by atoms with Crippen LogP contribution in [0, 0.1) is 27.3 Å². The summed E-state index contributed by atoms with van der Waals surface area (Å²) in [6, 6.07) is 9.72. The van der Waals surface area contributed by atoms with Gasteiger partial charge in [0.05, 0.1) is 4.92 Å². The lowest BCUT2D eigenvalue weighted by Crippen LogP contribution is -1.97. The molecule has 0 aliphatic rings. The Morgan fingerprint density at radius 3 is 2.70 bits per heavy atom. The van der Waals surface area contributed by atoms with Crippen LogP contribution in [0.5, 0.6) is 11.5 Å². The summed E-state index contributed by atoms with van der Waals surface area (Å²) < 4.78 is 19.4. The van der Waals surface area contributed by atoms with Gasteiger partial charge in [0.25, 0.3) is 0 Å². The Labute approximate surface area is 121 Å². The van der Waals surface area contributed by atoms with E-state index in [0.29, 0.717) is 4.47 Å². The Balaban J connectivity index is 2.52. The van der Waals surface area contributed by atoms with E-state index in [2.05, 4.69) is 15.9 Å². The van der Waals surface area contributed by atoms with Crippen LogP contribution in [0.1, 0.15) is 5.56 Å². The number of nitriles is 1. The van der Waals surface area contributed by atoms with E-state index in [4.69, 9.17) is 10.00 Å². The zero-order valence-corrected chi connectivity index (χ0v) is 11.4. The molecule has 0 spiro atoms. The van der Waals surface area contributed by atoms with E-state index in [1.54, 1.807) is 6.07 Å². The molecule has 5 nitrogen and oxygen atoms in total. The zero-order valence-electron chi connectivity index (χ0n) is 9.84. The maximum Gasteiger partial charge on any atom is 0.329 e. The van der Waals surface area contributed by atoms with Crippen molar-refractivity contribution in [1.29, 1.82) is 5.26 Å². The van der Waals surface area contributed by atoms with Crippen LogP contribution in [0.15, 0.2) is 40.9 Å². The van der Waals surface area contributed by atoms with Crippen molar-refractivity contribution >= 4 is 21.6 Å². The number of nitro benzene ring substituents is 1. The highest BCUT2D eigenvalue weighted by atomic mass is 79.9. The van der Waals surface area contributed by atoms with Gasteiger partial charge in [0, 0.05) is 4.47 Å². The molecule has 0 unspecified atom stereocenters. The van der Waals surface area contributed by atoms with Crippen molar-refractivity contribution in [2.45, 2.75) is 0 Å². The minimum atomic E-state index is -0.732. The molecule has 0 aliphatic carbocycles. The minimum Gasteiger partial charge on any atom is -0.447 e. The predicted octanol–water partition coefficient (Wildman–Crippen LogP) is 4.16. The summed E-state index contributed by atoms with van der Waals surface area (Å²) in [6.07, 6.45) is 0. The van der Waals surface area contributed by atoms with E-state index in [-0.39, 0.29) is 17.1 Å². The van der Waals surface area contributed by atoms with Crippen molar-refractivity contribution in [3.05, 3.63) is 62.4 Å². The molecule has 0 fully saturated rings. The van der Waals surface area contributed by atoms with Gasteiger partial charge in [0.15, 0.2) is 11.6 Å². The molecule has 0 amide bonds. The SMILES string of the molecule is N#Cc1cccc(Oc2cc(Br)ccc2F)c1[N+](=O)[O-]. The summed E-state index contributed by atoms with van der Waals surface area (Å²) in [5, 5.41) is 19.9. The highest BCUT2D eigenvalue weighted by molar-refractivity contribution is 9.10. The Morgan fingerprint density at radius 1 is 1.30 bits per heavy atom. The second-order valence-corrected chi connectivity index (χ2v) is 4.61. The molecule has 2 aromatic carbocycles. The summed E-state index contributed by atoms with van der Waals surface area (Å²) in [7, 11) is 0. The molecule has 0 N–H and O–H groups in total. The highest BCUT2D eigenvalue weighted by Crippen LogP contribution is 2.35. The van der Waals surface area contributed by atoms with E-state index in [9.17, 15) is 14.5 Å². The first-order valence-electron chi connectivity index (χ1n) is 5.33. The first kappa shape index (κ1) is 14.0. The van der Waals surface area contributed by atoms with Crippen LogP contribution in [-0.4, -0.2) is 4.92 Å². The molecule has 100 valence electrons. The van der Waals surface area contributed by atoms with E-state index in [1.807, 2.05) is 0 Å². The van der Waals surface area contributed by atoms with Crippen LogP contribution in [0.4, 0.5) is 10.1 Å². The molecule has 0 heterocycles. The fraction of sp³-hybridized carbons (Fsp3) is 0. The minimum absolute atomic E-state index is 0.150. The van der Waals surface area contributed by atoms with Crippen LogP contribution in [0.2, 0.25) is 0 Å². The summed E-state index contributed by atoms with van der Waals surface area (Å²) in [4.78, 5) is 10.3. The van der Waals surface area contributed by atoms with Gasteiger partial charge in [0.1, 0.15) is 11.6 Å². The van der Waals surface area contributed by atoms with Crippen LogP contribution < -0.4 is 4.74 Å². The molecule has 0 aliphatic heterocycles. The summed E-state index contributed by atoms with van der Waals surface area (Å²) in [5.74, 6) is -1.02. The molecule has 0 radical (unpaired) electrons. The smallest absolute Gasteiger partial charge is 0.329 e. The van der Waals surface area contributed by atoms with Gasteiger partial charge in [-0.15, -0.1) is 0 Å². The molecule has 2 rings (SSSR count).